The maximum absolute atomic E-state index is 13.0. The number of benzene rings is 3. The molecule has 0 aliphatic carbocycles. The lowest BCUT2D eigenvalue weighted by molar-refractivity contribution is -0.125. The van der Waals surface area contributed by atoms with Crippen LogP contribution in [0, 0.1) is 0 Å². The van der Waals surface area contributed by atoms with Gasteiger partial charge in [0.2, 0.25) is 21.9 Å². The number of aromatic nitrogens is 2. The van der Waals surface area contributed by atoms with Crippen molar-refractivity contribution in [3.05, 3.63) is 95.1 Å². The van der Waals surface area contributed by atoms with E-state index in [9.17, 15) is 13.2 Å². The molecule has 0 saturated heterocycles. The molecule has 1 aliphatic rings. The lowest BCUT2D eigenvalue weighted by Crippen LogP contribution is -2.39. The highest BCUT2D eigenvalue weighted by atomic mass is 35.5. The number of anilines is 3. The zero-order chi connectivity index (χ0) is 29.0. The Bertz CT molecular complexity index is 1680. The van der Waals surface area contributed by atoms with Crippen LogP contribution < -0.4 is 20.7 Å². The molecule has 4 N–H and O–H groups in total. The van der Waals surface area contributed by atoms with E-state index in [1.165, 1.54) is 0 Å². The van der Waals surface area contributed by atoms with E-state index in [2.05, 4.69) is 30.6 Å². The van der Waals surface area contributed by atoms with Crippen LogP contribution in [0.1, 0.15) is 31.4 Å². The first-order valence-corrected chi connectivity index (χ1v) is 15.1. The molecule has 0 unspecified atom stereocenters. The number of nitrogens with one attached hydrogen (secondary N) is 4. The van der Waals surface area contributed by atoms with E-state index in [1.807, 2.05) is 56.3 Å². The molecule has 11 heteroatoms. The Labute approximate surface area is 244 Å². The predicted molar refractivity (Wildman–Crippen MR) is 162 cm³/mol. The second kappa shape index (κ2) is 11.9. The summed E-state index contributed by atoms with van der Waals surface area (Å²) in [4.78, 5) is 22.4. The number of halogens is 1. The normalized spacial score (nSPS) is 14.8. The number of carbonyl (C=O) groups excluding carboxylic acids is 1. The van der Waals surface area contributed by atoms with E-state index in [4.69, 9.17) is 11.6 Å². The van der Waals surface area contributed by atoms with Gasteiger partial charge in [0.15, 0.2) is 0 Å². The molecule has 0 atom stereocenters. The highest BCUT2D eigenvalue weighted by Gasteiger charge is 2.31. The van der Waals surface area contributed by atoms with E-state index in [0.717, 1.165) is 22.3 Å². The van der Waals surface area contributed by atoms with Crippen molar-refractivity contribution in [2.24, 2.45) is 0 Å². The molecule has 2 heterocycles. The number of hydrogen-bond donors (Lipinski definition) is 4. The molecule has 0 fully saturated rings. The number of fused-ring (bicyclic) bond motifs is 4. The molecule has 1 amide bonds. The van der Waals surface area contributed by atoms with Crippen molar-refractivity contribution in [2.75, 3.05) is 23.7 Å². The molecule has 1 aliphatic heterocycles. The number of rotatable bonds is 5. The third-order valence-corrected chi connectivity index (χ3v) is 8.75. The summed E-state index contributed by atoms with van der Waals surface area (Å²) in [5, 5.41) is 10.0. The summed E-state index contributed by atoms with van der Waals surface area (Å²) in [5.74, 6) is 0.858. The van der Waals surface area contributed by atoms with Crippen LogP contribution in [-0.2, 0) is 26.8 Å². The van der Waals surface area contributed by atoms with Gasteiger partial charge in [0.1, 0.15) is 5.82 Å². The average Bonchev–Trinajstić information content (AvgIpc) is 2.96. The van der Waals surface area contributed by atoms with Crippen LogP contribution in [0.15, 0.2) is 83.9 Å². The molecule has 212 valence electrons. The molecule has 0 radical (unpaired) electrons. The van der Waals surface area contributed by atoms with Gasteiger partial charge in [-0.05, 0) is 61.2 Å². The Hall–Kier alpha value is -3.99. The summed E-state index contributed by atoms with van der Waals surface area (Å²) in [7, 11) is -3.62. The lowest BCUT2D eigenvalue weighted by Gasteiger charge is -2.25. The highest BCUT2D eigenvalue weighted by molar-refractivity contribution is 7.89. The SMILES string of the molecule is CC(C)(C(=O)NCc1ccc(-c2cnc3nc2NCCCNS(=O)(=O)c2cccc(c2)N3)cc1)c1ccccc1Cl. The van der Waals surface area contributed by atoms with Crippen LogP contribution in [0.4, 0.5) is 17.5 Å². The first-order chi connectivity index (χ1) is 19.6. The minimum absolute atomic E-state index is 0.116. The van der Waals surface area contributed by atoms with Gasteiger partial charge < -0.3 is 16.0 Å². The Balaban J connectivity index is 1.32. The number of nitrogens with zero attached hydrogens (tertiary/aromatic N) is 2. The fraction of sp³-hybridized carbons (Fsp3) is 0.233. The quantitative estimate of drug-likeness (QED) is 0.251. The Morgan fingerprint density at radius 2 is 1.80 bits per heavy atom. The molecule has 41 heavy (non-hydrogen) atoms. The van der Waals surface area contributed by atoms with Gasteiger partial charge in [-0.1, -0.05) is 60.1 Å². The molecule has 5 rings (SSSR count). The highest BCUT2D eigenvalue weighted by Crippen LogP contribution is 2.31. The zero-order valence-electron chi connectivity index (χ0n) is 22.7. The van der Waals surface area contributed by atoms with Gasteiger partial charge in [0.25, 0.3) is 0 Å². The summed E-state index contributed by atoms with van der Waals surface area (Å²) < 4.78 is 27.9. The molecule has 4 aromatic rings. The van der Waals surface area contributed by atoms with Crippen LogP contribution in [0.3, 0.4) is 0 Å². The van der Waals surface area contributed by atoms with Crippen LogP contribution in [0.25, 0.3) is 11.1 Å². The van der Waals surface area contributed by atoms with Crippen LogP contribution in [0.5, 0.6) is 0 Å². The summed E-state index contributed by atoms with van der Waals surface area (Å²) >= 11 is 6.34. The van der Waals surface area contributed by atoms with Gasteiger partial charge in [-0.15, -0.1) is 0 Å². The van der Waals surface area contributed by atoms with Crippen molar-refractivity contribution >= 4 is 45.0 Å². The molecule has 4 bridgehead atoms. The lowest BCUT2D eigenvalue weighted by atomic mass is 9.83. The molecule has 1 aromatic heterocycles. The molecule has 3 aromatic carbocycles. The second-order valence-electron chi connectivity index (χ2n) is 10.3. The van der Waals surface area contributed by atoms with E-state index < -0.39 is 15.4 Å². The average molecular weight is 591 g/mol. The first-order valence-electron chi connectivity index (χ1n) is 13.2. The largest absolute Gasteiger partial charge is 0.369 e. The number of carbonyl (C=O) groups is 1. The minimum atomic E-state index is -3.62. The number of hydrogen-bond acceptors (Lipinski definition) is 7. The van der Waals surface area contributed by atoms with Crippen molar-refractivity contribution in [3.63, 3.8) is 0 Å². The number of sulfonamides is 1. The topological polar surface area (TPSA) is 125 Å². The first kappa shape index (κ1) is 28.5. The second-order valence-corrected chi connectivity index (χ2v) is 12.4. The van der Waals surface area contributed by atoms with Crippen molar-refractivity contribution in [3.8, 4) is 11.1 Å². The molecule has 9 nitrogen and oxygen atoms in total. The Kier molecular flexibility index (Phi) is 8.25. The van der Waals surface area contributed by atoms with Gasteiger partial charge in [-0.3, -0.25) is 4.79 Å². The van der Waals surface area contributed by atoms with Crippen molar-refractivity contribution in [1.29, 1.82) is 0 Å². The van der Waals surface area contributed by atoms with E-state index in [-0.39, 0.29) is 17.3 Å². The van der Waals surface area contributed by atoms with E-state index >= 15 is 0 Å². The van der Waals surface area contributed by atoms with Gasteiger partial charge in [-0.2, -0.15) is 4.98 Å². The Morgan fingerprint density at radius 3 is 2.59 bits per heavy atom. The number of amides is 1. The van der Waals surface area contributed by atoms with Crippen molar-refractivity contribution < 1.29 is 13.2 Å². The van der Waals surface area contributed by atoms with Gasteiger partial charge in [0, 0.05) is 42.1 Å². The summed E-state index contributed by atoms with van der Waals surface area (Å²) in [6.45, 7) is 4.88. The Morgan fingerprint density at radius 1 is 1.02 bits per heavy atom. The third-order valence-electron chi connectivity index (χ3n) is 6.96. The molecular weight excluding hydrogens is 560 g/mol. The molecule has 0 spiro atoms. The van der Waals surface area contributed by atoms with E-state index in [1.54, 1.807) is 36.5 Å². The zero-order valence-corrected chi connectivity index (χ0v) is 24.3. The molecular formula is C30H31ClN6O3S. The maximum atomic E-state index is 13.0. The predicted octanol–water partition coefficient (Wildman–Crippen LogP) is 5.23. The van der Waals surface area contributed by atoms with E-state index in [0.29, 0.717) is 42.0 Å². The van der Waals surface area contributed by atoms with Crippen molar-refractivity contribution in [2.45, 2.75) is 37.1 Å². The monoisotopic (exact) mass is 590 g/mol. The summed E-state index contributed by atoms with van der Waals surface area (Å²) in [5.41, 5.74) is 3.20. The van der Waals surface area contributed by atoms with Gasteiger partial charge >= 0.3 is 0 Å². The standard InChI is InChI=1S/C30H31ClN6O3S/c1-30(2,25-9-3-4-10-26(25)31)28(38)33-18-20-11-13-21(14-12-20)24-19-34-29-36-22-7-5-8-23(17-22)41(39,40)35-16-6-15-32-27(24)37-29/h3-5,7-14,17,19,35H,6,15-16,18H2,1-2H3,(H,33,38)(H2,32,34,36,37). The summed E-state index contributed by atoms with van der Waals surface area (Å²) in [6, 6.07) is 21.7. The van der Waals surface area contributed by atoms with Gasteiger partial charge in [0.05, 0.1) is 10.3 Å². The van der Waals surface area contributed by atoms with Crippen LogP contribution >= 0.6 is 11.6 Å². The smallest absolute Gasteiger partial charge is 0.240 e. The van der Waals surface area contributed by atoms with Crippen LogP contribution in [0.2, 0.25) is 5.02 Å². The fourth-order valence-corrected chi connectivity index (χ4v) is 6.03. The summed E-state index contributed by atoms with van der Waals surface area (Å²) in [6.07, 6.45) is 2.30. The molecule has 0 saturated carbocycles. The van der Waals surface area contributed by atoms with Gasteiger partial charge in [-0.25, -0.2) is 18.1 Å². The van der Waals surface area contributed by atoms with Crippen molar-refractivity contribution in [1.82, 2.24) is 20.0 Å². The van der Waals surface area contributed by atoms with Crippen LogP contribution in [-0.4, -0.2) is 37.4 Å². The maximum Gasteiger partial charge on any atom is 0.240 e. The minimum Gasteiger partial charge on any atom is -0.369 e. The fourth-order valence-electron chi connectivity index (χ4n) is 4.54. The third kappa shape index (κ3) is 6.51.